The first-order valence-corrected chi connectivity index (χ1v) is 7.22. The van der Waals surface area contributed by atoms with E-state index >= 15 is 0 Å². The third-order valence-electron chi connectivity index (χ3n) is 2.60. The van der Waals surface area contributed by atoms with Gasteiger partial charge in [-0.1, -0.05) is 38.0 Å². The van der Waals surface area contributed by atoms with Crippen LogP contribution in [0.4, 0.5) is 0 Å². The average Bonchev–Trinajstić information content (AvgIpc) is 2.33. The molecular formula is C14H23NS. The zero-order chi connectivity index (χ0) is 11.6. The topological polar surface area (TPSA) is 12.0 Å². The van der Waals surface area contributed by atoms with Crippen molar-refractivity contribution in [3.8, 4) is 0 Å². The molecule has 0 aliphatic heterocycles. The Morgan fingerprint density at radius 3 is 2.69 bits per heavy atom. The number of hydrogen-bond acceptors (Lipinski definition) is 2. The lowest BCUT2D eigenvalue weighted by atomic mass is 10.1. The fraction of sp³-hybridized carbons (Fsp3) is 0.571. The minimum atomic E-state index is 0.663. The molecule has 1 N–H and O–H groups in total. The molecule has 0 saturated heterocycles. The first-order valence-electron chi connectivity index (χ1n) is 6.24. The molecule has 1 nitrogen and oxygen atoms in total. The molecule has 90 valence electrons. The van der Waals surface area contributed by atoms with Crippen molar-refractivity contribution >= 4 is 11.8 Å². The number of nitrogens with one attached hydrogen (secondary N) is 1. The zero-order valence-electron chi connectivity index (χ0n) is 10.4. The molecule has 0 radical (unpaired) electrons. The minimum Gasteiger partial charge on any atom is -0.313 e. The highest BCUT2D eigenvalue weighted by Crippen LogP contribution is 2.15. The van der Waals surface area contributed by atoms with Crippen molar-refractivity contribution in [3.63, 3.8) is 0 Å². The molecule has 2 heteroatoms. The Morgan fingerprint density at radius 2 is 2.00 bits per heavy atom. The van der Waals surface area contributed by atoms with Crippen molar-refractivity contribution in [2.24, 2.45) is 0 Å². The van der Waals surface area contributed by atoms with Gasteiger partial charge in [-0.05, 0) is 25.5 Å². The van der Waals surface area contributed by atoms with Gasteiger partial charge in [-0.15, -0.1) is 11.8 Å². The zero-order valence-corrected chi connectivity index (χ0v) is 11.2. The summed E-state index contributed by atoms with van der Waals surface area (Å²) in [5, 5.41) is 3.57. The summed E-state index contributed by atoms with van der Waals surface area (Å²) in [6.07, 6.45) is 3.93. The molecule has 0 bridgehead atoms. The molecule has 1 unspecified atom stereocenters. The van der Waals surface area contributed by atoms with Gasteiger partial charge in [-0.2, -0.15) is 0 Å². The molecule has 0 saturated carbocycles. The normalized spacial score (nSPS) is 12.6. The Balaban J connectivity index is 2.03. The van der Waals surface area contributed by atoms with E-state index < -0.39 is 0 Å². The van der Waals surface area contributed by atoms with Crippen molar-refractivity contribution in [3.05, 3.63) is 30.3 Å². The predicted molar refractivity (Wildman–Crippen MR) is 74.2 cm³/mol. The van der Waals surface area contributed by atoms with E-state index in [9.17, 15) is 0 Å². The van der Waals surface area contributed by atoms with E-state index in [2.05, 4.69) is 49.5 Å². The largest absolute Gasteiger partial charge is 0.313 e. The van der Waals surface area contributed by atoms with Crippen LogP contribution in [0.25, 0.3) is 0 Å². The number of unbranched alkanes of at least 4 members (excludes halogenated alkanes) is 1. The van der Waals surface area contributed by atoms with Crippen LogP contribution in [0.15, 0.2) is 35.2 Å². The lowest BCUT2D eigenvalue weighted by Gasteiger charge is -2.12. The van der Waals surface area contributed by atoms with Crippen LogP contribution in [0.3, 0.4) is 0 Å². The fourth-order valence-corrected chi connectivity index (χ4v) is 2.41. The lowest BCUT2D eigenvalue weighted by Crippen LogP contribution is -2.27. The molecule has 1 atom stereocenters. The summed E-state index contributed by atoms with van der Waals surface area (Å²) < 4.78 is 0. The first kappa shape index (κ1) is 13.6. The monoisotopic (exact) mass is 237 g/mol. The van der Waals surface area contributed by atoms with Crippen LogP contribution in [0, 0.1) is 0 Å². The van der Waals surface area contributed by atoms with Gasteiger partial charge in [0.05, 0.1) is 0 Å². The molecule has 0 aromatic heterocycles. The highest BCUT2D eigenvalue weighted by atomic mass is 32.2. The Morgan fingerprint density at radius 1 is 1.25 bits per heavy atom. The second-order valence-corrected chi connectivity index (χ2v) is 5.33. The maximum atomic E-state index is 3.57. The van der Waals surface area contributed by atoms with E-state index in [1.807, 2.05) is 11.8 Å². The number of thioether (sulfide) groups is 1. The molecule has 0 aliphatic rings. The Bertz CT molecular complexity index is 261. The number of rotatable bonds is 8. The molecule has 0 fully saturated rings. The van der Waals surface area contributed by atoms with Crippen molar-refractivity contribution < 1.29 is 0 Å². The van der Waals surface area contributed by atoms with Crippen LogP contribution in [-0.2, 0) is 0 Å². The summed E-state index contributed by atoms with van der Waals surface area (Å²) >= 11 is 1.92. The summed E-state index contributed by atoms with van der Waals surface area (Å²) in [6, 6.07) is 11.3. The standard InChI is InChI=1S/C14H23NS/c1-3-4-8-13(2)15-11-12-16-14-9-6-5-7-10-14/h5-7,9-10,13,15H,3-4,8,11-12H2,1-2H3. The maximum Gasteiger partial charge on any atom is 0.0106 e. The van der Waals surface area contributed by atoms with Crippen molar-refractivity contribution in [1.29, 1.82) is 0 Å². The SMILES string of the molecule is CCCCC(C)NCCSc1ccccc1. The Labute approximate surface area is 104 Å². The quantitative estimate of drug-likeness (QED) is 0.543. The summed E-state index contributed by atoms with van der Waals surface area (Å²) in [4.78, 5) is 1.37. The summed E-state index contributed by atoms with van der Waals surface area (Å²) in [5.74, 6) is 1.15. The van der Waals surface area contributed by atoms with E-state index in [-0.39, 0.29) is 0 Å². The van der Waals surface area contributed by atoms with Crippen LogP contribution >= 0.6 is 11.8 Å². The highest BCUT2D eigenvalue weighted by Gasteiger charge is 1.99. The number of benzene rings is 1. The third-order valence-corrected chi connectivity index (χ3v) is 3.61. The van der Waals surface area contributed by atoms with Crippen LogP contribution in [-0.4, -0.2) is 18.3 Å². The second-order valence-electron chi connectivity index (χ2n) is 4.16. The van der Waals surface area contributed by atoms with Crippen molar-refractivity contribution in [2.45, 2.75) is 44.0 Å². The van der Waals surface area contributed by atoms with Gasteiger partial charge < -0.3 is 5.32 Å². The predicted octanol–water partition coefficient (Wildman–Crippen LogP) is 3.95. The molecule has 1 aromatic rings. The molecular weight excluding hydrogens is 214 g/mol. The Kier molecular flexibility index (Phi) is 7.35. The number of hydrogen-bond donors (Lipinski definition) is 1. The van der Waals surface area contributed by atoms with Gasteiger partial charge in [0, 0.05) is 23.2 Å². The van der Waals surface area contributed by atoms with E-state index in [0.717, 1.165) is 12.3 Å². The third kappa shape index (κ3) is 6.19. The van der Waals surface area contributed by atoms with E-state index in [1.165, 1.54) is 24.2 Å². The van der Waals surface area contributed by atoms with Gasteiger partial charge >= 0.3 is 0 Å². The van der Waals surface area contributed by atoms with E-state index in [1.54, 1.807) is 0 Å². The van der Waals surface area contributed by atoms with Gasteiger partial charge in [-0.3, -0.25) is 0 Å². The molecule has 0 amide bonds. The minimum absolute atomic E-state index is 0.663. The van der Waals surface area contributed by atoms with Crippen LogP contribution in [0.2, 0.25) is 0 Å². The van der Waals surface area contributed by atoms with Gasteiger partial charge in [-0.25, -0.2) is 0 Å². The fourth-order valence-electron chi connectivity index (χ4n) is 1.60. The lowest BCUT2D eigenvalue weighted by molar-refractivity contribution is 0.511. The van der Waals surface area contributed by atoms with Crippen molar-refractivity contribution in [2.75, 3.05) is 12.3 Å². The summed E-state index contributed by atoms with van der Waals surface area (Å²) in [6.45, 7) is 5.63. The molecule has 16 heavy (non-hydrogen) atoms. The van der Waals surface area contributed by atoms with Gasteiger partial charge in [0.15, 0.2) is 0 Å². The maximum absolute atomic E-state index is 3.57. The Hall–Kier alpha value is -0.470. The molecule has 0 heterocycles. The molecule has 1 aromatic carbocycles. The van der Waals surface area contributed by atoms with Crippen molar-refractivity contribution in [1.82, 2.24) is 5.32 Å². The second kappa shape index (κ2) is 8.66. The molecule has 0 aliphatic carbocycles. The summed E-state index contributed by atoms with van der Waals surface area (Å²) in [7, 11) is 0. The highest BCUT2D eigenvalue weighted by molar-refractivity contribution is 7.99. The summed E-state index contributed by atoms with van der Waals surface area (Å²) in [5.41, 5.74) is 0. The molecule has 0 spiro atoms. The van der Waals surface area contributed by atoms with Gasteiger partial charge in [0.2, 0.25) is 0 Å². The van der Waals surface area contributed by atoms with Gasteiger partial charge in [0.1, 0.15) is 0 Å². The van der Waals surface area contributed by atoms with E-state index in [0.29, 0.717) is 6.04 Å². The average molecular weight is 237 g/mol. The van der Waals surface area contributed by atoms with Crippen LogP contribution in [0.5, 0.6) is 0 Å². The first-order chi connectivity index (χ1) is 7.83. The smallest absolute Gasteiger partial charge is 0.0106 e. The van der Waals surface area contributed by atoms with E-state index in [4.69, 9.17) is 0 Å². The van der Waals surface area contributed by atoms with Gasteiger partial charge in [0.25, 0.3) is 0 Å². The van der Waals surface area contributed by atoms with Crippen LogP contribution < -0.4 is 5.32 Å². The molecule has 1 rings (SSSR count). The van der Waals surface area contributed by atoms with Crippen LogP contribution in [0.1, 0.15) is 33.1 Å².